The smallest absolute Gasteiger partial charge is 0.0476 e. The van der Waals surface area contributed by atoms with Gasteiger partial charge in [-0.1, -0.05) is 6.92 Å². The van der Waals surface area contributed by atoms with Crippen LogP contribution in [0.2, 0.25) is 0 Å². The van der Waals surface area contributed by atoms with Gasteiger partial charge in [-0.25, -0.2) is 0 Å². The SMILES string of the molecule is Cc1cnccc1NC(C)C(C)CO. The van der Waals surface area contributed by atoms with Gasteiger partial charge in [-0.15, -0.1) is 0 Å². The Hall–Kier alpha value is -1.09. The van der Waals surface area contributed by atoms with Crippen LogP contribution in [0, 0.1) is 12.8 Å². The van der Waals surface area contributed by atoms with E-state index in [2.05, 4.69) is 17.2 Å². The summed E-state index contributed by atoms with van der Waals surface area (Å²) in [6.45, 7) is 6.32. The Bertz CT molecular complexity index is 288. The van der Waals surface area contributed by atoms with Crippen molar-refractivity contribution in [3.63, 3.8) is 0 Å². The van der Waals surface area contributed by atoms with Crippen LogP contribution in [0.15, 0.2) is 18.5 Å². The molecule has 0 fully saturated rings. The van der Waals surface area contributed by atoms with Gasteiger partial charge in [-0.2, -0.15) is 0 Å². The predicted octanol–water partition coefficient (Wildman–Crippen LogP) is 1.82. The number of aromatic nitrogens is 1. The molecule has 0 amide bonds. The highest BCUT2D eigenvalue weighted by atomic mass is 16.3. The summed E-state index contributed by atoms with van der Waals surface area (Å²) in [6, 6.07) is 2.22. The van der Waals surface area contributed by atoms with Crippen molar-refractivity contribution in [2.45, 2.75) is 26.8 Å². The molecular formula is C11H18N2O. The van der Waals surface area contributed by atoms with E-state index in [1.165, 1.54) is 0 Å². The van der Waals surface area contributed by atoms with Crippen molar-refractivity contribution in [3.8, 4) is 0 Å². The lowest BCUT2D eigenvalue weighted by Gasteiger charge is -2.21. The Morgan fingerprint density at radius 3 is 2.79 bits per heavy atom. The Kier molecular flexibility index (Phi) is 3.89. The normalized spacial score (nSPS) is 14.9. The summed E-state index contributed by atoms with van der Waals surface area (Å²) >= 11 is 0. The third-order valence-electron chi connectivity index (χ3n) is 2.55. The van der Waals surface area contributed by atoms with Crippen LogP contribution in [0.1, 0.15) is 19.4 Å². The fourth-order valence-corrected chi connectivity index (χ4v) is 1.18. The second-order valence-electron chi connectivity index (χ2n) is 3.78. The van der Waals surface area contributed by atoms with Crippen molar-refractivity contribution in [2.75, 3.05) is 11.9 Å². The first-order valence-electron chi connectivity index (χ1n) is 4.93. The number of hydrogen-bond acceptors (Lipinski definition) is 3. The summed E-state index contributed by atoms with van der Waals surface area (Å²) in [5.41, 5.74) is 2.22. The molecule has 78 valence electrons. The summed E-state index contributed by atoms with van der Waals surface area (Å²) in [6.07, 6.45) is 3.60. The fraction of sp³-hybridized carbons (Fsp3) is 0.545. The largest absolute Gasteiger partial charge is 0.396 e. The lowest BCUT2D eigenvalue weighted by molar-refractivity contribution is 0.226. The molecule has 1 heterocycles. The third-order valence-corrected chi connectivity index (χ3v) is 2.55. The fourth-order valence-electron chi connectivity index (χ4n) is 1.18. The Morgan fingerprint density at radius 2 is 2.21 bits per heavy atom. The highest BCUT2D eigenvalue weighted by Crippen LogP contribution is 2.15. The van der Waals surface area contributed by atoms with Crippen LogP contribution in [0.5, 0.6) is 0 Å². The topological polar surface area (TPSA) is 45.2 Å². The Balaban J connectivity index is 2.64. The van der Waals surface area contributed by atoms with Gasteiger partial charge in [0.1, 0.15) is 0 Å². The minimum atomic E-state index is 0.207. The maximum atomic E-state index is 9.00. The van der Waals surface area contributed by atoms with Crippen LogP contribution in [-0.4, -0.2) is 22.7 Å². The lowest BCUT2D eigenvalue weighted by Crippen LogP contribution is -2.26. The molecule has 0 spiro atoms. The van der Waals surface area contributed by atoms with Gasteiger partial charge in [-0.05, 0) is 31.4 Å². The standard InChI is InChI=1S/C11H18N2O/c1-8-6-12-5-4-11(8)13-10(3)9(2)7-14/h4-6,9-10,14H,7H2,1-3H3,(H,12,13). The van der Waals surface area contributed by atoms with Gasteiger partial charge in [-0.3, -0.25) is 4.98 Å². The van der Waals surface area contributed by atoms with Gasteiger partial charge < -0.3 is 10.4 Å². The monoisotopic (exact) mass is 194 g/mol. The zero-order valence-corrected chi connectivity index (χ0v) is 8.99. The van der Waals surface area contributed by atoms with Crippen molar-refractivity contribution in [3.05, 3.63) is 24.0 Å². The van der Waals surface area contributed by atoms with Gasteiger partial charge in [0.25, 0.3) is 0 Å². The number of nitrogens with one attached hydrogen (secondary N) is 1. The first-order valence-corrected chi connectivity index (χ1v) is 4.93. The quantitative estimate of drug-likeness (QED) is 0.768. The first kappa shape index (κ1) is 11.0. The summed E-state index contributed by atoms with van der Waals surface area (Å²) in [5, 5.41) is 12.4. The highest BCUT2D eigenvalue weighted by Gasteiger charge is 2.11. The van der Waals surface area contributed by atoms with E-state index in [9.17, 15) is 0 Å². The maximum Gasteiger partial charge on any atom is 0.0476 e. The van der Waals surface area contributed by atoms with E-state index in [1.54, 1.807) is 6.20 Å². The molecule has 0 aliphatic carbocycles. The van der Waals surface area contributed by atoms with Crippen LogP contribution in [0.25, 0.3) is 0 Å². The Morgan fingerprint density at radius 1 is 1.50 bits per heavy atom. The number of aryl methyl sites for hydroxylation is 1. The van der Waals surface area contributed by atoms with E-state index in [-0.39, 0.29) is 18.6 Å². The molecule has 1 rings (SSSR count). The third kappa shape index (κ3) is 2.70. The molecule has 2 N–H and O–H groups in total. The van der Waals surface area contributed by atoms with E-state index < -0.39 is 0 Å². The van der Waals surface area contributed by atoms with E-state index in [4.69, 9.17) is 5.11 Å². The second-order valence-corrected chi connectivity index (χ2v) is 3.78. The van der Waals surface area contributed by atoms with Crippen molar-refractivity contribution in [2.24, 2.45) is 5.92 Å². The van der Waals surface area contributed by atoms with Crippen molar-refractivity contribution in [1.82, 2.24) is 4.98 Å². The molecule has 1 aromatic rings. The van der Waals surface area contributed by atoms with Crippen LogP contribution in [0.3, 0.4) is 0 Å². The van der Waals surface area contributed by atoms with Gasteiger partial charge in [0.2, 0.25) is 0 Å². The highest BCUT2D eigenvalue weighted by molar-refractivity contribution is 5.49. The first-order chi connectivity index (χ1) is 6.65. The molecule has 14 heavy (non-hydrogen) atoms. The molecule has 0 aliphatic heterocycles. The van der Waals surface area contributed by atoms with E-state index in [0.717, 1.165) is 11.3 Å². The van der Waals surface area contributed by atoms with Gasteiger partial charge in [0.05, 0.1) is 0 Å². The molecule has 3 nitrogen and oxygen atoms in total. The summed E-state index contributed by atoms with van der Waals surface area (Å²) in [7, 11) is 0. The molecule has 0 bridgehead atoms. The minimum absolute atomic E-state index is 0.207. The van der Waals surface area contributed by atoms with E-state index in [0.29, 0.717) is 0 Å². The summed E-state index contributed by atoms with van der Waals surface area (Å²) in [5.74, 6) is 0.252. The zero-order valence-electron chi connectivity index (χ0n) is 8.99. The molecule has 2 unspecified atom stereocenters. The summed E-state index contributed by atoms with van der Waals surface area (Å²) in [4.78, 5) is 4.03. The molecule has 0 aliphatic rings. The number of aliphatic hydroxyl groups excluding tert-OH is 1. The molecule has 0 saturated carbocycles. The lowest BCUT2D eigenvalue weighted by atomic mass is 10.0. The van der Waals surface area contributed by atoms with Crippen molar-refractivity contribution in [1.29, 1.82) is 0 Å². The number of hydrogen-bond donors (Lipinski definition) is 2. The minimum Gasteiger partial charge on any atom is -0.396 e. The van der Waals surface area contributed by atoms with Crippen LogP contribution in [0.4, 0.5) is 5.69 Å². The van der Waals surface area contributed by atoms with E-state index in [1.807, 2.05) is 26.1 Å². The number of rotatable bonds is 4. The number of nitrogens with zero attached hydrogens (tertiary/aromatic N) is 1. The average Bonchev–Trinajstić information content (AvgIpc) is 2.20. The molecule has 0 saturated heterocycles. The van der Waals surface area contributed by atoms with Crippen LogP contribution >= 0.6 is 0 Å². The van der Waals surface area contributed by atoms with Crippen LogP contribution < -0.4 is 5.32 Å². The van der Waals surface area contributed by atoms with Crippen molar-refractivity contribution >= 4 is 5.69 Å². The van der Waals surface area contributed by atoms with Gasteiger partial charge in [0.15, 0.2) is 0 Å². The number of pyridine rings is 1. The Labute approximate surface area is 85.2 Å². The molecule has 0 aromatic carbocycles. The number of aliphatic hydroxyl groups is 1. The average molecular weight is 194 g/mol. The molecule has 0 radical (unpaired) electrons. The van der Waals surface area contributed by atoms with Gasteiger partial charge >= 0.3 is 0 Å². The molecule has 1 aromatic heterocycles. The predicted molar refractivity (Wildman–Crippen MR) is 58.3 cm³/mol. The second kappa shape index (κ2) is 4.96. The molecular weight excluding hydrogens is 176 g/mol. The summed E-state index contributed by atoms with van der Waals surface area (Å²) < 4.78 is 0. The van der Waals surface area contributed by atoms with Crippen LogP contribution in [-0.2, 0) is 0 Å². The van der Waals surface area contributed by atoms with Crippen molar-refractivity contribution < 1.29 is 5.11 Å². The molecule has 2 atom stereocenters. The van der Waals surface area contributed by atoms with E-state index >= 15 is 0 Å². The zero-order chi connectivity index (χ0) is 10.6. The molecule has 3 heteroatoms. The number of anilines is 1. The van der Waals surface area contributed by atoms with Gasteiger partial charge in [0, 0.05) is 30.7 Å². The maximum absolute atomic E-state index is 9.00.